The molecule has 0 saturated heterocycles. The Morgan fingerprint density at radius 3 is 2.19 bits per heavy atom. The molecule has 0 fully saturated rings. The van der Waals surface area contributed by atoms with E-state index in [0.29, 0.717) is 16.5 Å². The summed E-state index contributed by atoms with van der Waals surface area (Å²) in [6, 6.07) is 21.8. The number of para-hydroxylation sites is 2. The van der Waals surface area contributed by atoms with E-state index < -0.39 is 10.0 Å². The van der Waals surface area contributed by atoms with Crippen LogP contribution in [0.4, 0.5) is 5.69 Å². The van der Waals surface area contributed by atoms with Gasteiger partial charge in [0, 0.05) is 24.2 Å². The molecule has 31 heavy (non-hydrogen) atoms. The van der Waals surface area contributed by atoms with Gasteiger partial charge in [-0.15, -0.1) is 0 Å². The fraction of sp³-hybridized carbons (Fsp3) is 0.174. The summed E-state index contributed by atoms with van der Waals surface area (Å²) in [6.45, 7) is -0.0624. The third kappa shape index (κ3) is 5.37. The van der Waals surface area contributed by atoms with Gasteiger partial charge in [-0.1, -0.05) is 48.0 Å². The normalized spacial score (nSPS) is 11.1. The zero-order valence-electron chi connectivity index (χ0n) is 17.2. The van der Waals surface area contributed by atoms with Gasteiger partial charge < -0.3 is 9.64 Å². The van der Waals surface area contributed by atoms with Crippen molar-refractivity contribution in [3.8, 4) is 5.75 Å². The van der Waals surface area contributed by atoms with Gasteiger partial charge in [0.05, 0.1) is 17.7 Å². The smallest absolute Gasteiger partial charge is 0.264 e. The number of likely N-dealkylation sites (N-methyl/N-ethyl adjacent to an activating group) is 1. The Morgan fingerprint density at radius 1 is 0.935 bits per heavy atom. The van der Waals surface area contributed by atoms with Crippen LogP contribution in [0.15, 0.2) is 83.8 Å². The molecular weight excluding hydrogens is 436 g/mol. The molecule has 3 aromatic rings. The topological polar surface area (TPSA) is 66.9 Å². The number of hydrogen-bond donors (Lipinski definition) is 0. The summed E-state index contributed by atoms with van der Waals surface area (Å²) in [7, 11) is -0.785. The second-order valence-corrected chi connectivity index (χ2v) is 9.16. The molecule has 0 heterocycles. The molecule has 0 unspecified atom stereocenters. The molecule has 162 valence electrons. The van der Waals surface area contributed by atoms with Crippen LogP contribution in [0.1, 0.15) is 5.56 Å². The van der Waals surface area contributed by atoms with Crippen LogP contribution in [0, 0.1) is 0 Å². The van der Waals surface area contributed by atoms with E-state index in [1.165, 1.54) is 29.2 Å². The average molecular weight is 459 g/mol. The summed E-state index contributed by atoms with van der Waals surface area (Å²) in [5.74, 6) is 0.308. The number of benzene rings is 3. The number of sulfonamides is 1. The van der Waals surface area contributed by atoms with Crippen LogP contribution < -0.4 is 9.04 Å². The van der Waals surface area contributed by atoms with Gasteiger partial charge in [0.15, 0.2) is 0 Å². The number of halogens is 1. The van der Waals surface area contributed by atoms with Gasteiger partial charge >= 0.3 is 0 Å². The molecule has 0 aromatic heterocycles. The van der Waals surface area contributed by atoms with Crippen molar-refractivity contribution in [2.24, 2.45) is 0 Å². The molecule has 0 bridgehead atoms. The van der Waals surface area contributed by atoms with Crippen LogP contribution >= 0.6 is 11.6 Å². The van der Waals surface area contributed by atoms with Gasteiger partial charge in [-0.2, -0.15) is 0 Å². The highest BCUT2D eigenvalue weighted by atomic mass is 35.5. The summed E-state index contributed by atoms with van der Waals surface area (Å²) in [6.07, 6.45) is 0. The zero-order chi connectivity index (χ0) is 22.4. The first-order valence-electron chi connectivity index (χ1n) is 9.52. The quantitative estimate of drug-likeness (QED) is 0.507. The second kappa shape index (κ2) is 9.85. The molecule has 0 atom stereocenters. The van der Waals surface area contributed by atoms with Crippen LogP contribution in [-0.2, 0) is 21.4 Å². The highest BCUT2D eigenvalue weighted by Crippen LogP contribution is 2.25. The van der Waals surface area contributed by atoms with Crippen molar-refractivity contribution < 1.29 is 17.9 Å². The number of hydrogen-bond acceptors (Lipinski definition) is 4. The zero-order valence-corrected chi connectivity index (χ0v) is 18.8. The lowest BCUT2D eigenvalue weighted by Crippen LogP contribution is -2.41. The maximum absolute atomic E-state index is 13.4. The average Bonchev–Trinajstić information content (AvgIpc) is 2.78. The van der Waals surface area contributed by atoms with E-state index >= 15 is 0 Å². The number of ether oxygens (including phenoxy) is 1. The Bertz CT molecular complexity index is 1140. The number of nitrogens with zero attached hydrogens (tertiary/aromatic N) is 2. The van der Waals surface area contributed by atoms with Crippen LogP contribution in [0.5, 0.6) is 5.75 Å². The Kier molecular flexibility index (Phi) is 7.20. The van der Waals surface area contributed by atoms with Crippen LogP contribution in [0.25, 0.3) is 0 Å². The van der Waals surface area contributed by atoms with E-state index in [1.807, 2.05) is 24.3 Å². The predicted molar refractivity (Wildman–Crippen MR) is 122 cm³/mol. The van der Waals surface area contributed by atoms with Crippen molar-refractivity contribution in [2.45, 2.75) is 11.4 Å². The molecular formula is C23H23ClN2O4S. The van der Waals surface area contributed by atoms with Gasteiger partial charge in [0.2, 0.25) is 5.91 Å². The molecule has 0 spiro atoms. The summed E-state index contributed by atoms with van der Waals surface area (Å²) < 4.78 is 33.2. The largest absolute Gasteiger partial charge is 0.496 e. The Balaban J connectivity index is 1.88. The third-order valence-electron chi connectivity index (χ3n) is 4.75. The van der Waals surface area contributed by atoms with E-state index in [4.69, 9.17) is 16.3 Å². The van der Waals surface area contributed by atoms with Gasteiger partial charge in [0.1, 0.15) is 12.3 Å². The number of methoxy groups -OCH3 is 1. The van der Waals surface area contributed by atoms with Gasteiger partial charge in [-0.3, -0.25) is 9.10 Å². The molecule has 3 aromatic carbocycles. The molecule has 0 radical (unpaired) electrons. The number of amides is 1. The molecule has 8 heteroatoms. The standard InChI is InChI=1S/C23H23ClN2O4S/c1-25(16-18-8-6-7-11-22(18)30-2)23(27)17-26(20-9-4-3-5-10-20)31(28,29)21-14-12-19(24)13-15-21/h3-15H,16-17H2,1-2H3. The molecule has 3 rings (SSSR count). The molecule has 0 aliphatic heterocycles. The minimum absolute atomic E-state index is 0.0564. The molecule has 6 nitrogen and oxygen atoms in total. The third-order valence-corrected chi connectivity index (χ3v) is 6.79. The van der Waals surface area contributed by atoms with Gasteiger partial charge in [-0.25, -0.2) is 8.42 Å². The molecule has 0 N–H and O–H groups in total. The Labute approximate surface area is 187 Å². The summed E-state index contributed by atoms with van der Waals surface area (Å²) in [5, 5.41) is 0.429. The van der Waals surface area contributed by atoms with Crippen LogP contribution in [-0.4, -0.2) is 39.9 Å². The number of carbonyl (C=O) groups excluding carboxylic acids is 1. The first-order valence-corrected chi connectivity index (χ1v) is 11.3. The lowest BCUT2D eigenvalue weighted by Gasteiger charge is -2.27. The van der Waals surface area contributed by atoms with Crippen molar-refractivity contribution in [3.05, 3.63) is 89.4 Å². The van der Waals surface area contributed by atoms with E-state index in [-0.39, 0.29) is 23.9 Å². The van der Waals surface area contributed by atoms with Crippen molar-refractivity contribution in [1.82, 2.24) is 4.90 Å². The van der Waals surface area contributed by atoms with E-state index in [0.717, 1.165) is 9.87 Å². The fourth-order valence-electron chi connectivity index (χ4n) is 3.06. The minimum Gasteiger partial charge on any atom is -0.496 e. The monoisotopic (exact) mass is 458 g/mol. The number of rotatable bonds is 8. The molecule has 0 aliphatic rings. The van der Waals surface area contributed by atoms with Crippen molar-refractivity contribution in [2.75, 3.05) is 25.0 Å². The molecule has 0 saturated carbocycles. The van der Waals surface area contributed by atoms with Crippen LogP contribution in [0.3, 0.4) is 0 Å². The second-order valence-electron chi connectivity index (χ2n) is 6.86. The summed E-state index contributed by atoms with van der Waals surface area (Å²) in [5.41, 5.74) is 1.23. The Hall–Kier alpha value is -3.03. The number of anilines is 1. The van der Waals surface area contributed by atoms with E-state index in [9.17, 15) is 13.2 Å². The van der Waals surface area contributed by atoms with E-state index in [1.54, 1.807) is 44.5 Å². The fourth-order valence-corrected chi connectivity index (χ4v) is 4.60. The summed E-state index contributed by atoms with van der Waals surface area (Å²) in [4.78, 5) is 14.6. The molecule has 1 amide bonds. The molecule has 0 aliphatic carbocycles. The Morgan fingerprint density at radius 2 is 1.55 bits per heavy atom. The van der Waals surface area contributed by atoms with Gasteiger partial charge in [-0.05, 0) is 42.5 Å². The first-order chi connectivity index (χ1) is 14.8. The van der Waals surface area contributed by atoms with Crippen molar-refractivity contribution >= 4 is 33.2 Å². The lowest BCUT2D eigenvalue weighted by atomic mass is 10.2. The predicted octanol–water partition coefficient (Wildman–Crippen LogP) is 4.20. The van der Waals surface area contributed by atoms with Crippen molar-refractivity contribution in [3.63, 3.8) is 0 Å². The maximum atomic E-state index is 13.4. The van der Waals surface area contributed by atoms with Gasteiger partial charge in [0.25, 0.3) is 10.0 Å². The SMILES string of the molecule is COc1ccccc1CN(C)C(=O)CN(c1ccccc1)S(=O)(=O)c1ccc(Cl)cc1. The number of carbonyl (C=O) groups is 1. The van der Waals surface area contributed by atoms with Crippen LogP contribution in [0.2, 0.25) is 5.02 Å². The maximum Gasteiger partial charge on any atom is 0.264 e. The highest BCUT2D eigenvalue weighted by molar-refractivity contribution is 7.92. The summed E-state index contributed by atoms with van der Waals surface area (Å²) >= 11 is 5.91. The minimum atomic E-state index is -3.98. The van der Waals surface area contributed by atoms with Crippen molar-refractivity contribution in [1.29, 1.82) is 0 Å². The highest BCUT2D eigenvalue weighted by Gasteiger charge is 2.28. The lowest BCUT2D eigenvalue weighted by molar-refractivity contribution is -0.128. The van der Waals surface area contributed by atoms with E-state index in [2.05, 4.69) is 0 Å². The first kappa shape index (κ1) is 22.7.